The maximum atomic E-state index is 3.68. The molecule has 0 aliphatic heterocycles. The molecule has 1 nitrogen and oxygen atoms in total. The van der Waals surface area contributed by atoms with Gasteiger partial charge >= 0.3 is 0 Å². The van der Waals surface area contributed by atoms with Crippen LogP contribution in [0.25, 0.3) is 0 Å². The minimum atomic E-state index is 0.927. The summed E-state index contributed by atoms with van der Waals surface area (Å²) in [6, 6.07) is 0. The van der Waals surface area contributed by atoms with E-state index in [9.17, 15) is 0 Å². The molecule has 0 heterocycles. The van der Waals surface area contributed by atoms with Crippen LogP contribution in [0.4, 0.5) is 0 Å². The Labute approximate surface area is 39.1 Å². The van der Waals surface area contributed by atoms with Crippen LogP contribution in [0.15, 0.2) is 4.99 Å². The monoisotopic (exact) mass is 85.1 g/mol. The van der Waals surface area contributed by atoms with Gasteiger partial charge in [0.25, 0.3) is 0 Å². The fraction of sp³-hybridized carbons (Fsp3) is 0.800. The molecule has 6 heavy (non-hydrogen) atoms. The summed E-state index contributed by atoms with van der Waals surface area (Å²) in [5, 5.41) is 0. The van der Waals surface area contributed by atoms with E-state index in [1.807, 2.05) is 0 Å². The highest BCUT2D eigenvalue weighted by Crippen LogP contribution is 1.83. The van der Waals surface area contributed by atoms with Crippen LogP contribution in [0.5, 0.6) is 0 Å². The van der Waals surface area contributed by atoms with Gasteiger partial charge in [-0.3, -0.25) is 0 Å². The van der Waals surface area contributed by atoms with Crippen LogP contribution in [0.1, 0.15) is 19.8 Å². The Hall–Kier alpha value is -0.330. The van der Waals surface area contributed by atoms with Gasteiger partial charge in [0.15, 0.2) is 0 Å². The summed E-state index contributed by atoms with van der Waals surface area (Å²) in [4.78, 5) is 3.68. The zero-order chi connectivity index (χ0) is 4.83. The maximum absolute atomic E-state index is 3.68. The standard InChI is InChI=1S/C5H11N/c1-3-4-5-6-2/h2-5H2,1H3. The first-order valence-corrected chi connectivity index (χ1v) is 2.34. The van der Waals surface area contributed by atoms with Gasteiger partial charge in [-0.25, -0.2) is 0 Å². The summed E-state index contributed by atoms with van der Waals surface area (Å²) in [7, 11) is 0. The van der Waals surface area contributed by atoms with E-state index in [4.69, 9.17) is 0 Å². The zero-order valence-electron chi connectivity index (χ0n) is 4.28. The topological polar surface area (TPSA) is 12.4 Å². The minimum absolute atomic E-state index is 0.927. The summed E-state index contributed by atoms with van der Waals surface area (Å²) in [6.45, 7) is 6.42. The molecule has 1 heteroatoms. The van der Waals surface area contributed by atoms with Crippen molar-refractivity contribution in [1.82, 2.24) is 0 Å². The molecule has 0 aliphatic carbocycles. The van der Waals surface area contributed by atoms with Crippen molar-refractivity contribution >= 4 is 6.72 Å². The van der Waals surface area contributed by atoms with Crippen molar-refractivity contribution in [1.29, 1.82) is 0 Å². The predicted octanol–water partition coefficient (Wildman–Crippen LogP) is 1.49. The van der Waals surface area contributed by atoms with E-state index in [0.717, 1.165) is 6.54 Å². The number of aliphatic imine (C=N–C) groups is 1. The van der Waals surface area contributed by atoms with Gasteiger partial charge in [-0.1, -0.05) is 13.3 Å². The smallest absolute Gasteiger partial charge is 0.0382 e. The Morgan fingerprint density at radius 2 is 2.33 bits per heavy atom. The second-order valence-corrected chi connectivity index (χ2v) is 1.30. The fourth-order valence-electron chi connectivity index (χ4n) is 0.270. The molecule has 0 atom stereocenters. The summed E-state index contributed by atoms with van der Waals surface area (Å²) in [5.41, 5.74) is 0. The van der Waals surface area contributed by atoms with Crippen LogP contribution in [0, 0.1) is 0 Å². The number of hydrogen-bond donors (Lipinski definition) is 0. The van der Waals surface area contributed by atoms with E-state index in [1.54, 1.807) is 0 Å². The van der Waals surface area contributed by atoms with E-state index in [1.165, 1.54) is 12.8 Å². The van der Waals surface area contributed by atoms with Crippen LogP contribution >= 0.6 is 0 Å². The van der Waals surface area contributed by atoms with Crippen molar-refractivity contribution in [2.75, 3.05) is 6.54 Å². The van der Waals surface area contributed by atoms with Crippen molar-refractivity contribution in [2.45, 2.75) is 19.8 Å². The highest BCUT2D eigenvalue weighted by Gasteiger charge is 1.71. The van der Waals surface area contributed by atoms with Crippen LogP contribution in [-0.4, -0.2) is 13.3 Å². The lowest BCUT2D eigenvalue weighted by molar-refractivity contribution is 0.811. The lowest BCUT2D eigenvalue weighted by atomic mass is 10.3. The molecule has 0 amide bonds. The number of hydrogen-bond acceptors (Lipinski definition) is 1. The van der Waals surface area contributed by atoms with Gasteiger partial charge < -0.3 is 4.99 Å². The highest BCUT2D eigenvalue weighted by molar-refractivity contribution is 5.22. The molecule has 0 N–H and O–H groups in total. The molecule has 0 aromatic rings. The van der Waals surface area contributed by atoms with E-state index < -0.39 is 0 Å². The van der Waals surface area contributed by atoms with Crippen molar-refractivity contribution in [3.63, 3.8) is 0 Å². The summed E-state index contributed by atoms with van der Waals surface area (Å²) < 4.78 is 0. The molecule has 0 bridgehead atoms. The van der Waals surface area contributed by atoms with Gasteiger partial charge in [-0.2, -0.15) is 0 Å². The summed E-state index contributed by atoms with van der Waals surface area (Å²) in [6.07, 6.45) is 2.41. The molecule has 0 aliphatic rings. The van der Waals surface area contributed by atoms with E-state index in [2.05, 4.69) is 18.6 Å². The summed E-state index contributed by atoms with van der Waals surface area (Å²) >= 11 is 0. The second-order valence-electron chi connectivity index (χ2n) is 1.30. The summed E-state index contributed by atoms with van der Waals surface area (Å²) in [5.74, 6) is 0. The van der Waals surface area contributed by atoms with Gasteiger partial charge in [0, 0.05) is 6.54 Å². The lowest BCUT2D eigenvalue weighted by Gasteiger charge is -1.82. The fourth-order valence-corrected chi connectivity index (χ4v) is 0.270. The zero-order valence-corrected chi connectivity index (χ0v) is 4.28. The predicted molar refractivity (Wildman–Crippen MR) is 29.3 cm³/mol. The Morgan fingerprint density at radius 1 is 1.67 bits per heavy atom. The molecule has 0 fully saturated rings. The van der Waals surface area contributed by atoms with Crippen LogP contribution in [0.3, 0.4) is 0 Å². The van der Waals surface area contributed by atoms with Crippen molar-refractivity contribution < 1.29 is 0 Å². The van der Waals surface area contributed by atoms with Gasteiger partial charge in [0.05, 0.1) is 0 Å². The SMILES string of the molecule is C=NCCCC. The molecule has 0 radical (unpaired) electrons. The Bertz CT molecular complexity index is 32.9. The first-order chi connectivity index (χ1) is 2.91. The Balaban J connectivity index is 2.49. The number of rotatable bonds is 3. The Morgan fingerprint density at radius 3 is 2.50 bits per heavy atom. The quantitative estimate of drug-likeness (QED) is 0.363. The molecular weight excluding hydrogens is 74.1 g/mol. The van der Waals surface area contributed by atoms with E-state index in [-0.39, 0.29) is 0 Å². The first kappa shape index (κ1) is 5.67. The van der Waals surface area contributed by atoms with Crippen molar-refractivity contribution in [3.05, 3.63) is 0 Å². The molecule has 0 aromatic carbocycles. The third-order valence-electron chi connectivity index (χ3n) is 0.670. The molecule has 0 spiro atoms. The number of unbranched alkanes of at least 4 members (excludes halogenated alkanes) is 1. The minimum Gasteiger partial charge on any atom is -0.301 e. The van der Waals surface area contributed by atoms with E-state index >= 15 is 0 Å². The van der Waals surface area contributed by atoms with Crippen LogP contribution in [-0.2, 0) is 0 Å². The van der Waals surface area contributed by atoms with Gasteiger partial charge in [0.1, 0.15) is 0 Å². The third-order valence-corrected chi connectivity index (χ3v) is 0.670. The average Bonchev–Trinajstić information content (AvgIpc) is 1.61. The lowest BCUT2D eigenvalue weighted by Crippen LogP contribution is -1.73. The molecular formula is C5H11N. The average molecular weight is 85.2 g/mol. The molecule has 0 saturated carbocycles. The van der Waals surface area contributed by atoms with E-state index in [0.29, 0.717) is 0 Å². The molecule has 0 unspecified atom stereocenters. The van der Waals surface area contributed by atoms with Crippen molar-refractivity contribution in [2.24, 2.45) is 4.99 Å². The first-order valence-electron chi connectivity index (χ1n) is 2.34. The highest BCUT2D eigenvalue weighted by atomic mass is 14.7. The van der Waals surface area contributed by atoms with Gasteiger partial charge in [-0.05, 0) is 13.1 Å². The van der Waals surface area contributed by atoms with Crippen LogP contribution in [0.2, 0.25) is 0 Å². The largest absolute Gasteiger partial charge is 0.301 e. The van der Waals surface area contributed by atoms with Gasteiger partial charge in [-0.15, -0.1) is 0 Å². The molecule has 36 valence electrons. The van der Waals surface area contributed by atoms with Crippen LogP contribution < -0.4 is 0 Å². The number of nitrogens with zero attached hydrogens (tertiary/aromatic N) is 1. The molecule has 0 aromatic heterocycles. The molecule has 0 saturated heterocycles. The second kappa shape index (κ2) is 4.67. The third kappa shape index (κ3) is 3.67. The maximum Gasteiger partial charge on any atom is 0.0382 e. The van der Waals surface area contributed by atoms with Crippen molar-refractivity contribution in [3.8, 4) is 0 Å². The van der Waals surface area contributed by atoms with Gasteiger partial charge in [0.2, 0.25) is 0 Å². The molecule has 0 rings (SSSR count). The normalized spacial score (nSPS) is 8.17. The Kier molecular flexibility index (Phi) is 4.41.